The molecule has 1 aliphatic carbocycles. The maximum Gasteiger partial charge on any atom is 0.272 e. The van der Waals surface area contributed by atoms with Crippen molar-refractivity contribution in [2.45, 2.75) is 25.8 Å². The minimum Gasteiger partial charge on any atom is -0.481 e. The van der Waals surface area contributed by atoms with Crippen molar-refractivity contribution < 1.29 is 27.8 Å². The van der Waals surface area contributed by atoms with Gasteiger partial charge >= 0.3 is 0 Å². The monoisotopic (exact) mass is 406 g/mol. The Hall–Kier alpha value is -3.30. The zero-order chi connectivity index (χ0) is 20.8. The van der Waals surface area contributed by atoms with Crippen LogP contribution in [0.2, 0.25) is 0 Å². The van der Waals surface area contributed by atoms with Crippen molar-refractivity contribution in [1.82, 2.24) is 15.3 Å². The minimum atomic E-state index is -2.61. The van der Waals surface area contributed by atoms with E-state index in [4.69, 9.17) is 9.47 Å². The van der Waals surface area contributed by atoms with Gasteiger partial charge in [0.05, 0.1) is 7.11 Å². The molecular weight excluding hydrogens is 386 g/mol. The summed E-state index contributed by atoms with van der Waals surface area (Å²) in [5.41, 5.74) is 0.872. The summed E-state index contributed by atoms with van der Waals surface area (Å²) in [6, 6.07) is 6.01. The summed E-state index contributed by atoms with van der Waals surface area (Å²) in [6.07, 6.45) is 0.567. The summed E-state index contributed by atoms with van der Waals surface area (Å²) in [6.45, 7) is -0.676. The Morgan fingerprint density at radius 2 is 2.07 bits per heavy atom. The van der Waals surface area contributed by atoms with E-state index in [0.29, 0.717) is 16.9 Å². The van der Waals surface area contributed by atoms with E-state index in [-0.39, 0.29) is 36.0 Å². The van der Waals surface area contributed by atoms with Gasteiger partial charge in [-0.15, -0.1) is 0 Å². The second-order valence-corrected chi connectivity index (χ2v) is 6.40. The number of nitrogens with one attached hydrogen (secondary N) is 2. The number of halogens is 2. The Balaban J connectivity index is 1.60. The molecule has 0 radical (unpaired) electrons. The van der Waals surface area contributed by atoms with Gasteiger partial charge in [-0.1, -0.05) is 0 Å². The minimum absolute atomic E-state index is 0.00223. The van der Waals surface area contributed by atoms with E-state index < -0.39 is 13.0 Å². The molecule has 3 rings (SSSR count). The molecule has 1 saturated carbocycles. The highest BCUT2D eigenvalue weighted by molar-refractivity contribution is 5.97. The third-order valence-electron chi connectivity index (χ3n) is 4.13. The van der Waals surface area contributed by atoms with Gasteiger partial charge in [-0.2, -0.15) is 4.98 Å². The highest BCUT2D eigenvalue weighted by Crippen LogP contribution is 2.30. The van der Waals surface area contributed by atoms with Crippen molar-refractivity contribution in [2.75, 3.05) is 19.0 Å². The van der Waals surface area contributed by atoms with Gasteiger partial charge in [0.1, 0.15) is 5.82 Å². The Kier molecular flexibility index (Phi) is 6.53. The van der Waals surface area contributed by atoms with Gasteiger partial charge in [-0.3, -0.25) is 9.59 Å². The maximum atomic E-state index is 12.4. The molecule has 10 heteroatoms. The summed E-state index contributed by atoms with van der Waals surface area (Å²) in [5.74, 6) is 0.0252. The van der Waals surface area contributed by atoms with Crippen molar-refractivity contribution in [3.63, 3.8) is 0 Å². The molecule has 154 valence electrons. The predicted octanol–water partition coefficient (Wildman–Crippen LogP) is 2.41. The number of alkyl halides is 2. The number of nitrogens with zero attached hydrogens (tertiary/aromatic N) is 2. The lowest BCUT2D eigenvalue weighted by atomic mass is 10.2. The molecule has 0 aromatic carbocycles. The molecule has 2 amide bonds. The second-order valence-electron chi connectivity index (χ2n) is 6.40. The Bertz CT molecular complexity index is 890. The van der Waals surface area contributed by atoms with Crippen molar-refractivity contribution >= 4 is 17.6 Å². The number of hydrogen-bond donors (Lipinski definition) is 2. The first-order chi connectivity index (χ1) is 14.0. The number of hydrogen-bond acceptors (Lipinski definition) is 6. The fraction of sp³-hybridized carbons (Fsp3) is 0.368. The van der Waals surface area contributed by atoms with Gasteiger partial charge in [0.25, 0.3) is 12.3 Å². The number of aromatic nitrogens is 2. The van der Waals surface area contributed by atoms with Gasteiger partial charge in [0.15, 0.2) is 6.61 Å². The quantitative estimate of drug-likeness (QED) is 0.663. The number of pyridine rings is 2. The number of anilines is 1. The summed E-state index contributed by atoms with van der Waals surface area (Å²) in [5, 5.41) is 5.40. The van der Waals surface area contributed by atoms with Gasteiger partial charge in [0.2, 0.25) is 17.7 Å². The van der Waals surface area contributed by atoms with E-state index in [1.807, 2.05) is 0 Å². The topological polar surface area (TPSA) is 102 Å². The third kappa shape index (κ3) is 5.84. The molecule has 2 heterocycles. The lowest BCUT2D eigenvalue weighted by molar-refractivity contribution is -0.117. The molecular formula is C19H20F2N4O4. The van der Waals surface area contributed by atoms with Crippen LogP contribution >= 0.6 is 0 Å². The van der Waals surface area contributed by atoms with Crippen molar-refractivity contribution in [3.8, 4) is 11.8 Å². The standard InChI is InChI=1S/C19H20F2N4O4/c1-28-19-13(4-5-16(25-19)29-10-14(20)21)9-23-17(26)12-6-7-22-15(8-12)24-18(27)11-2-3-11/h4-8,11,14H,2-3,9-10H2,1H3,(H,23,26)(H,22,24,27). The molecule has 2 N–H and O–H groups in total. The van der Waals surface area contributed by atoms with Crippen molar-refractivity contribution in [2.24, 2.45) is 5.92 Å². The fourth-order valence-electron chi connectivity index (χ4n) is 2.48. The largest absolute Gasteiger partial charge is 0.481 e. The summed E-state index contributed by atoms with van der Waals surface area (Å²) >= 11 is 0. The lowest BCUT2D eigenvalue weighted by Gasteiger charge is -2.11. The van der Waals surface area contributed by atoms with Crippen LogP contribution in [0, 0.1) is 5.92 Å². The normalized spacial score (nSPS) is 13.1. The van der Waals surface area contributed by atoms with Gasteiger partial charge < -0.3 is 20.1 Å². The number of rotatable bonds is 9. The zero-order valence-electron chi connectivity index (χ0n) is 15.7. The van der Waals surface area contributed by atoms with E-state index >= 15 is 0 Å². The van der Waals surface area contributed by atoms with Crippen LogP contribution in [0.25, 0.3) is 0 Å². The smallest absolute Gasteiger partial charge is 0.272 e. The molecule has 0 bridgehead atoms. The molecule has 0 saturated heterocycles. The Labute approximate surface area is 165 Å². The Morgan fingerprint density at radius 3 is 2.76 bits per heavy atom. The summed E-state index contributed by atoms with van der Waals surface area (Å²) in [7, 11) is 1.38. The maximum absolute atomic E-state index is 12.4. The number of ether oxygens (including phenoxy) is 2. The Morgan fingerprint density at radius 1 is 1.28 bits per heavy atom. The van der Waals surface area contributed by atoms with Crippen molar-refractivity contribution in [3.05, 3.63) is 41.6 Å². The van der Waals surface area contributed by atoms with E-state index in [1.54, 1.807) is 6.07 Å². The average molecular weight is 406 g/mol. The second kappa shape index (κ2) is 9.26. The first-order valence-corrected chi connectivity index (χ1v) is 8.96. The molecule has 1 fully saturated rings. The van der Waals surface area contributed by atoms with Gasteiger partial charge in [-0.05, 0) is 31.0 Å². The predicted molar refractivity (Wildman–Crippen MR) is 99.0 cm³/mol. The molecule has 2 aromatic rings. The molecule has 0 spiro atoms. The SMILES string of the molecule is COc1nc(OCC(F)F)ccc1CNC(=O)c1ccnc(NC(=O)C2CC2)c1. The van der Waals surface area contributed by atoms with Gasteiger partial charge in [-0.25, -0.2) is 13.8 Å². The summed E-state index contributed by atoms with van der Waals surface area (Å²) < 4.78 is 34.5. The van der Waals surface area contributed by atoms with E-state index in [9.17, 15) is 18.4 Å². The fourth-order valence-corrected chi connectivity index (χ4v) is 2.48. The zero-order valence-corrected chi connectivity index (χ0v) is 15.7. The van der Waals surface area contributed by atoms with Gasteiger partial charge in [0, 0.05) is 35.9 Å². The van der Waals surface area contributed by atoms with E-state index in [1.165, 1.54) is 31.5 Å². The van der Waals surface area contributed by atoms with Crippen LogP contribution in [0.5, 0.6) is 11.8 Å². The summed E-state index contributed by atoms with van der Waals surface area (Å²) in [4.78, 5) is 32.3. The van der Waals surface area contributed by atoms with Crippen LogP contribution in [-0.4, -0.2) is 41.9 Å². The number of carbonyl (C=O) groups excluding carboxylic acids is 2. The highest BCUT2D eigenvalue weighted by Gasteiger charge is 2.29. The molecule has 2 aromatic heterocycles. The van der Waals surface area contributed by atoms with Crippen LogP contribution in [0.4, 0.5) is 14.6 Å². The first kappa shape index (κ1) is 20.4. The van der Waals surface area contributed by atoms with Crippen molar-refractivity contribution in [1.29, 1.82) is 0 Å². The molecule has 0 atom stereocenters. The van der Waals surface area contributed by atoms with Crippen LogP contribution in [0.3, 0.4) is 0 Å². The van der Waals surface area contributed by atoms with Crippen LogP contribution < -0.4 is 20.1 Å². The van der Waals surface area contributed by atoms with Crippen LogP contribution in [0.1, 0.15) is 28.8 Å². The molecule has 8 nitrogen and oxygen atoms in total. The lowest BCUT2D eigenvalue weighted by Crippen LogP contribution is -2.24. The van der Waals surface area contributed by atoms with Crippen LogP contribution in [-0.2, 0) is 11.3 Å². The third-order valence-corrected chi connectivity index (χ3v) is 4.13. The number of methoxy groups -OCH3 is 1. The first-order valence-electron chi connectivity index (χ1n) is 8.96. The molecule has 1 aliphatic rings. The average Bonchev–Trinajstić information content (AvgIpc) is 3.56. The van der Waals surface area contributed by atoms with E-state index in [0.717, 1.165) is 12.8 Å². The molecule has 29 heavy (non-hydrogen) atoms. The van der Waals surface area contributed by atoms with Crippen LogP contribution in [0.15, 0.2) is 30.5 Å². The number of amides is 2. The molecule has 0 unspecified atom stereocenters. The van der Waals surface area contributed by atoms with E-state index in [2.05, 4.69) is 20.6 Å². The highest BCUT2D eigenvalue weighted by atomic mass is 19.3. The molecule has 0 aliphatic heterocycles. The number of carbonyl (C=O) groups is 2.